The number of fused-ring (bicyclic) bond motifs is 1. The Balaban J connectivity index is 1.82. The molecule has 0 spiro atoms. The number of carbonyl (C=O) groups is 2. The number of thioether (sulfide) groups is 1. The van der Waals surface area contributed by atoms with E-state index in [-0.39, 0.29) is 11.7 Å². The molecule has 0 radical (unpaired) electrons. The fourth-order valence-electron chi connectivity index (χ4n) is 2.25. The number of anilines is 1. The first kappa shape index (κ1) is 16.1. The molecule has 3 N–H and O–H groups in total. The summed E-state index contributed by atoms with van der Waals surface area (Å²) in [6.45, 7) is 1.77. The van der Waals surface area contributed by atoms with Gasteiger partial charge in [0.25, 0.3) is 5.91 Å². The van der Waals surface area contributed by atoms with Gasteiger partial charge in [-0.25, -0.2) is 4.98 Å². The lowest BCUT2D eigenvalue weighted by molar-refractivity contribution is -0.115. The van der Waals surface area contributed by atoms with E-state index in [0.29, 0.717) is 33.1 Å². The summed E-state index contributed by atoms with van der Waals surface area (Å²) in [5.74, 6) is -0.0000466. The van der Waals surface area contributed by atoms with E-state index in [2.05, 4.69) is 10.3 Å². The van der Waals surface area contributed by atoms with E-state index in [9.17, 15) is 9.59 Å². The fourth-order valence-corrected chi connectivity index (χ4v) is 3.04. The molecule has 2 amide bonds. The van der Waals surface area contributed by atoms with Gasteiger partial charge >= 0.3 is 0 Å². The maximum absolute atomic E-state index is 12.5. The summed E-state index contributed by atoms with van der Waals surface area (Å²) in [6, 6.07) is 12.3. The van der Waals surface area contributed by atoms with Gasteiger partial charge in [0.2, 0.25) is 5.91 Å². The number of hydrogen-bond acceptors (Lipinski definition) is 5. The minimum absolute atomic E-state index is 0.120. The van der Waals surface area contributed by atoms with Crippen LogP contribution in [0.15, 0.2) is 51.8 Å². The van der Waals surface area contributed by atoms with Crippen molar-refractivity contribution in [3.05, 3.63) is 53.9 Å². The maximum Gasteiger partial charge on any atom is 0.256 e. The fraction of sp³-hybridized carbons (Fsp3) is 0.118. The molecular weight excluding hydrogens is 326 g/mol. The third-order valence-corrected chi connectivity index (χ3v) is 4.35. The van der Waals surface area contributed by atoms with Crippen molar-refractivity contribution in [2.75, 3.05) is 11.1 Å². The van der Waals surface area contributed by atoms with Gasteiger partial charge in [-0.3, -0.25) is 9.59 Å². The number of nitrogens with zero attached hydrogens (tertiary/aromatic N) is 1. The molecule has 2 aromatic carbocycles. The van der Waals surface area contributed by atoms with Gasteiger partial charge in [-0.15, -0.1) is 11.8 Å². The first-order valence-corrected chi connectivity index (χ1v) is 8.20. The Hall–Kier alpha value is -2.80. The van der Waals surface area contributed by atoms with Crippen molar-refractivity contribution in [2.24, 2.45) is 5.73 Å². The quantitative estimate of drug-likeness (QED) is 0.695. The maximum atomic E-state index is 12.5. The summed E-state index contributed by atoms with van der Waals surface area (Å²) in [7, 11) is 0. The van der Waals surface area contributed by atoms with Crippen LogP contribution in [0.5, 0.6) is 0 Å². The standard InChI is InChI=1S/C17H15N3O3S/c1-10-19-13-8-11(6-7-14(13)23-10)20-17(22)12-4-2-3-5-15(12)24-9-16(18)21/h2-8H,9H2,1H3,(H2,18,21)(H,20,22). The Morgan fingerprint density at radius 2 is 2.04 bits per heavy atom. The molecule has 24 heavy (non-hydrogen) atoms. The molecule has 0 aliphatic rings. The van der Waals surface area contributed by atoms with Crippen LogP contribution in [-0.2, 0) is 4.79 Å². The number of nitrogens with two attached hydrogens (primary N) is 1. The van der Waals surface area contributed by atoms with Crippen molar-refractivity contribution in [3.63, 3.8) is 0 Å². The number of carbonyl (C=O) groups excluding carboxylic acids is 2. The zero-order valence-electron chi connectivity index (χ0n) is 12.9. The number of rotatable bonds is 5. The zero-order chi connectivity index (χ0) is 17.1. The molecule has 122 valence electrons. The molecular formula is C17H15N3O3S. The minimum atomic E-state index is -0.429. The Kier molecular flexibility index (Phi) is 4.52. The van der Waals surface area contributed by atoms with E-state index >= 15 is 0 Å². The predicted octanol–water partition coefficient (Wildman–Crippen LogP) is 2.97. The van der Waals surface area contributed by atoms with Crippen LogP contribution in [0.3, 0.4) is 0 Å². The summed E-state index contributed by atoms with van der Waals surface area (Å²) in [4.78, 5) is 28.4. The van der Waals surface area contributed by atoms with Crippen LogP contribution in [0.2, 0.25) is 0 Å². The van der Waals surface area contributed by atoms with Gasteiger partial charge in [0.15, 0.2) is 11.5 Å². The highest BCUT2D eigenvalue weighted by molar-refractivity contribution is 8.00. The molecule has 0 fully saturated rings. The molecule has 0 aliphatic heterocycles. The molecule has 0 saturated carbocycles. The van der Waals surface area contributed by atoms with E-state index in [1.54, 1.807) is 43.3 Å². The Morgan fingerprint density at radius 1 is 1.25 bits per heavy atom. The molecule has 0 bridgehead atoms. The lowest BCUT2D eigenvalue weighted by atomic mass is 10.2. The molecule has 1 heterocycles. The molecule has 0 atom stereocenters. The zero-order valence-corrected chi connectivity index (χ0v) is 13.7. The van der Waals surface area contributed by atoms with Crippen molar-refractivity contribution >= 4 is 40.4 Å². The van der Waals surface area contributed by atoms with Crippen LogP contribution in [-0.4, -0.2) is 22.6 Å². The first-order chi connectivity index (χ1) is 11.5. The number of primary amides is 1. The van der Waals surface area contributed by atoms with Crippen molar-refractivity contribution in [3.8, 4) is 0 Å². The monoisotopic (exact) mass is 341 g/mol. The van der Waals surface area contributed by atoms with E-state index in [4.69, 9.17) is 10.2 Å². The molecule has 0 unspecified atom stereocenters. The highest BCUT2D eigenvalue weighted by Crippen LogP contribution is 2.24. The molecule has 7 heteroatoms. The van der Waals surface area contributed by atoms with Gasteiger partial charge in [0, 0.05) is 17.5 Å². The third-order valence-electron chi connectivity index (χ3n) is 3.25. The van der Waals surface area contributed by atoms with Crippen molar-refractivity contribution in [1.82, 2.24) is 4.98 Å². The molecule has 1 aromatic heterocycles. The van der Waals surface area contributed by atoms with E-state index in [1.165, 1.54) is 11.8 Å². The van der Waals surface area contributed by atoms with Gasteiger partial charge in [-0.1, -0.05) is 12.1 Å². The van der Waals surface area contributed by atoms with Crippen LogP contribution in [0.25, 0.3) is 11.1 Å². The summed E-state index contributed by atoms with van der Waals surface area (Å²) >= 11 is 1.24. The number of nitrogens with one attached hydrogen (secondary N) is 1. The smallest absolute Gasteiger partial charge is 0.256 e. The lowest BCUT2D eigenvalue weighted by Crippen LogP contribution is -2.15. The number of aromatic nitrogens is 1. The molecule has 0 saturated heterocycles. The van der Waals surface area contributed by atoms with Gasteiger partial charge in [0.1, 0.15) is 5.52 Å². The van der Waals surface area contributed by atoms with Gasteiger partial charge in [-0.05, 0) is 30.3 Å². The van der Waals surface area contributed by atoms with Gasteiger partial charge < -0.3 is 15.5 Å². The van der Waals surface area contributed by atoms with Gasteiger partial charge in [0.05, 0.1) is 11.3 Å². The van der Waals surface area contributed by atoms with Gasteiger partial charge in [-0.2, -0.15) is 0 Å². The minimum Gasteiger partial charge on any atom is -0.441 e. The number of aryl methyl sites for hydroxylation is 1. The number of amides is 2. The highest BCUT2D eigenvalue weighted by atomic mass is 32.2. The lowest BCUT2D eigenvalue weighted by Gasteiger charge is -2.09. The van der Waals surface area contributed by atoms with Crippen LogP contribution in [0.1, 0.15) is 16.2 Å². The topological polar surface area (TPSA) is 98.2 Å². The Labute approximate surface area is 142 Å². The largest absolute Gasteiger partial charge is 0.441 e. The van der Waals surface area contributed by atoms with E-state index in [0.717, 1.165) is 0 Å². The molecule has 3 rings (SSSR count). The third kappa shape index (κ3) is 3.57. The second-order valence-electron chi connectivity index (χ2n) is 5.12. The molecule has 6 nitrogen and oxygen atoms in total. The second kappa shape index (κ2) is 6.76. The Morgan fingerprint density at radius 3 is 2.83 bits per heavy atom. The normalized spacial score (nSPS) is 10.7. The van der Waals surface area contributed by atoms with Crippen molar-refractivity contribution in [2.45, 2.75) is 11.8 Å². The summed E-state index contributed by atoms with van der Waals surface area (Å²) in [5.41, 5.74) is 7.63. The number of hydrogen-bond donors (Lipinski definition) is 2. The Bertz CT molecular complexity index is 920. The average molecular weight is 341 g/mol. The molecule has 3 aromatic rings. The highest BCUT2D eigenvalue weighted by Gasteiger charge is 2.13. The van der Waals surface area contributed by atoms with Crippen molar-refractivity contribution in [1.29, 1.82) is 0 Å². The predicted molar refractivity (Wildman–Crippen MR) is 93.1 cm³/mol. The van der Waals surface area contributed by atoms with E-state index in [1.807, 2.05) is 6.07 Å². The van der Waals surface area contributed by atoms with Crippen molar-refractivity contribution < 1.29 is 14.0 Å². The number of oxazole rings is 1. The SMILES string of the molecule is Cc1nc2cc(NC(=O)c3ccccc3SCC(N)=O)ccc2o1. The van der Waals surface area contributed by atoms with E-state index < -0.39 is 5.91 Å². The summed E-state index contributed by atoms with van der Waals surface area (Å²) in [6.07, 6.45) is 0. The first-order valence-electron chi connectivity index (χ1n) is 7.21. The van der Waals surface area contributed by atoms with Crippen LogP contribution < -0.4 is 11.1 Å². The number of benzene rings is 2. The van der Waals surface area contributed by atoms with Crippen LogP contribution in [0, 0.1) is 6.92 Å². The summed E-state index contributed by atoms with van der Waals surface area (Å²) < 4.78 is 5.42. The van der Waals surface area contributed by atoms with Crippen LogP contribution >= 0.6 is 11.8 Å². The average Bonchev–Trinajstić information content (AvgIpc) is 2.92. The van der Waals surface area contributed by atoms with Crippen LogP contribution in [0.4, 0.5) is 5.69 Å². The summed E-state index contributed by atoms with van der Waals surface area (Å²) in [5, 5.41) is 2.84. The second-order valence-corrected chi connectivity index (χ2v) is 6.14. The molecule has 0 aliphatic carbocycles.